The fourth-order valence-electron chi connectivity index (χ4n) is 4.88. The molecule has 2 unspecified atom stereocenters. The average molecular weight is 538 g/mol. The van der Waals surface area contributed by atoms with E-state index in [4.69, 9.17) is 20.9 Å². The normalized spacial score (nSPS) is 17.2. The van der Waals surface area contributed by atoms with E-state index in [1.54, 1.807) is 19.1 Å². The first-order chi connectivity index (χ1) is 18.7. The highest BCUT2D eigenvalue weighted by Crippen LogP contribution is 2.26. The van der Waals surface area contributed by atoms with Crippen molar-refractivity contribution in [3.8, 4) is 11.1 Å². The molecule has 10 nitrogen and oxygen atoms in total. The summed E-state index contributed by atoms with van der Waals surface area (Å²) in [5.41, 5.74) is 15.3. The smallest absolute Gasteiger partial charge is 0.436 e. The molecule has 39 heavy (non-hydrogen) atoms. The second-order valence-electron chi connectivity index (χ2n) is 9.73. The largest absolute Gasteiger partial charge is 0.469 e. The zero-order chi connectivity index (χ0) is 28.4. The van der Waals surface area contributed by atoms with Gasteiger partial charge < -0.3 is 31.2 Å². The van der Waals surface area contributed by atoms with Crippen LogP contribution in [0.1, 0.15) is 49.0 Å². The van der Waals surface area contributed by atoms with Crippen molar-refractivity contribution in [2.75, 3.05) is 26.8 Å². The van der Waals surface area contributed by atoms with Crippen LogP contribution in [0.5, 0.6) is 0 Å². The molecule has 1 aliphatic rings. The summed E-state index contributed by atoms with van der Waals surface area (Å²) in [4.78, 5) is 43.1. The molecular weight excluding hydrogens is 498 g/mol. The summed E-state index contributed by atoms with van der Waals surface area (Å²) in [6.45, 7) is 5.38. The van der Waals surface area contributed by atoms with Crippen molar-refractivity contribution in [2.24, 2.45) is 28.3 Å². The molecule has 210 valence electrons. The maximum Gasteiger partial charge on any atom is 0.436 e. The van der Waals surface area contributed by atoms with Crippen molar-refractivity contribution in [3.63, 3.8) is 0 Å². The molecule has 3 atom stereocenters. The third kappa shape index (κ3) is 8.28. The molecule has 3 rings (SSSR count). The van der Waals surface area contributed by atoms with E-state index in [0.29, 0.717) is 31.6 Å². The minimum absolute atomic E-state index is 0.0988. The lowest BCUT2D eigenvalue weighted by Gasteiger charge is -2.35. The van der Waals surface area contributed by atoms with Crippen LogP contribution in [0.4, 0.5) is 4.79 Å². The Balaban J connectivity index is 1.65. The lowest BCUT2D eigenvalue weighted by molar-refractivity contribution is -0.147. The van der Waals surface area contributed by atoms with Crippen LogP contribution in [-0.4, -0.2) is 61.7 Å². The number of carbonyl (C=O) groups excluding carboxylic acids is 3. The highest BCUT2D eigenvalue weighted by Gasteiger charge is 2.32. The van der Waals surface area contributed by atoms with Crippen LogP contribution in [0.2, 0.25) is 0 Å². The van der Waals surface area contributed by atoms with Crippen molar-refractivity contribution >= 4 is 23.9 Å². The minimum atomic E-state index is -0.724. The number of carbonyl (C=O) groups is 3. The number of piperidine rings is 1. The number of rotatable bonds is 9. The van der Waals surface area contributed by atoms with Crippen LogP contribution in [0, 0.1) is 11.8 Å². The number of nitrogens with one attached hydrogen (secondary N) is 1. The fraction of sp³-hybridized carbons (Fsp3) is 0.448. The second-order valence-corrected chi connectivity index (χ2v) is 9.73. The van der Waals surface area contributed by atoms with Crippen molar-refractivity contribution in [1.29, 1.82) is 0 Å². The van der Waals surface area contributed by atoms with E-state index < -0.39 is 18.1 Å². The number of aliphatic imine (C=N–C) groups is 1. The molecule has 0 saturated carbocycles. The Morgan fingerprint density at radius 1 is 1.15 bits per heavy atom. The molecule has 0 bridgehead atoms. The van der Waals surface area contributed by atoms with Gasteiger partial charge in [-0.15, -0.1) is 4.99 Å². The van der Waals surface area contributed by atoms with Gasteiger partial charge >= 0.3 is 12.1 Å². The van der Waals surface area contributed by atoms with Crippen LogP contribution in [-0.2, 0) is 20.8 Å². The van der Waals surface area contributed by atoms with Crippen LogP contribution >= 0.6 is 0 Å². The Labute approximate surface area is 229 Å². The molecule has 2 aromatic carbocycles. The summed E-state index contributed by atoms with van der Waals surface area (Å²) in [7, 11) is 1.35. The molecule has 1 saturated heterocycles. The molecule has 0 aromatic heterocycles. The summed E-state index contributed by atoms with van der Waals surface area (Å²) in [5, 5.41) is 2.97. The van der Waals surface area contributed by atoms with Gasteiger partial charge in [0.15, 0.2) is 0 Å². The van der Waals surface area contributed by atoms with Gasteiger partial charge in [0, 0.05) is 31.2 Å². The van der Waals surface area contributed by atoms with E-state index in [1.165, 1.54) is 7.11 Å². The molecule has 1 aliphatic heterocycles. The van der Waals surface area contributed by atoms with Gasteiger partial charge in [0.25, 0.3) is 5.91 Å². The Hall–Kier alpha value is -3.92. The third-order valence-corrected chi connectivity index (χ3v) is 7.01. The van der Waals surface area contributed by atoms with Crippen LogP contribution in [0.15, 0.2) is 53.5 Å². The molecule has 2 amide bonds. The second kappa shape index (κ2) is 14.3. The minimum Gasteiger partial charge on any atom is -0.469 e. The first kappa shape index (κ1) is 29.6. The first-order valence-electron chi connectivity index (χ1n) is 13.3. The number of nitrogens with zero attached hydrogens (tertiary/aromatic N) is 2. The number of hydrogen-bond acceptors (Lipinski definition) is 6. The SMILES string of the molecule is CCOC(=O)N=C(N)N1CCCC(CC(C(=O)OC)[C@@H](C)NC(=O)c2ccc(-c3cccc(CN)c3)cc2)C1. The molecule has 2 aromatic rings. The number of methoxy groups -OCH3 is 1. The Kier molecular flexibility index (Phi) is 10.9. The van der Waals surface area contributed by atoms with Crippen molar-refractivity contribution in [1.82, 2.24) is 10.2 Å². The van der Waals surface area contributed by atoms with E-state index >= 15 is 0 Å². The maximum absolute atomic E-state index is 13.0. The van der Waals surface area contributed by atoms with Crippen molar-refractivity contribution in [3.05, 3.63) is 59.7 Å². The van der Waals surface area contributed by atoms with Crippen LogP contribution in [0.3, 0.4) is 0 Å². The van der Waals surface area contributed by atoms with Gasteiger partial charge in [-0.3, -0.25) is 9.59 Å². The number of benzene rings is 2. The molecule has 0 aliphatic carbocycles. The summed E-state index contributed by atoms with van der Waals surface area (Å²) >= 11 is 0. The standard InChI is InChI=1S/C29H39N5O5/c1-4-39-29(37)33-28(31)34-14-6-8-21(18-34)16-25(27(36)38-3)19(2)32-26(35)23-12-10-22(11-13-23)24-9-5-7-20(15-24)17-30/h5,7,9-13,15,19,21,25H,4,6,8,14,16-18,30H2,1-3H3,(H,32,35)(H2,31,33,37)/t19-,21?,25?/m1/s1. The predicted molar refractivity (Wildman–Crippen MR) is 150 cm³/mol. The maximum atomic E-state index is 13.0. The quantitative estimate of drug-likeness (QED) is 0.251. The summed E-state index contributed by atoms with van der Waals surface area (Å²) < 4.78 is 9.92. The fourth-order valence-corrected chi connectivity index (χ4v) is 4.88. The van der Waals surface area contributed by atoms with Gasteiger partial charge in [0.05, 0.1) is 19.6 Å². The number of guanidine groups is 1. The predicted octanol–water partition coefficient (Wildman–Crippen LogP) is 3.29. The number of amides is 2. The molecular formula is C29H39N5O5. The lowest BCUT2D eigenvalue weighted by Crippen LogP contribution is -2.47. The number of hydrogen-bond donors (Lipinski definition) is 3. The summed E-state index contributed by atoms with van der Waals surface area (Å²) in [6, 6.07) is 14.8. The van der Waals surface area contributed by atoms with E-state index in [-0.39, 0.29) is 30.4 Å². The first-order valence-corrected chi connectivity index (χ1v) is 13.3. The van der Waals surface area contributed by atoms with Gasteiger partial charge in [-0.05, 0) is 73.9 Å². The highest BCUT2D eigenvalue weighted by molar-refractivity contribution is 5.95. The number of likely N-dealkylation sites (tertiary alicyclic amines) is 1. The summed E-state index contributed by atoms with van der Waals surface area (Å²) in [6.07, 6.45) is 1.48. The monoisotopic (exact) mass is 537 g/mol. The molecule has 5 N–H and O–H groups in total. The van der Waals surface area contributed by atoms with Crippen LogP contribution in [0.25, 0.3) is 11.1 Å². The van der Waals surface area contributed by atoms with Gasteiger partial charge in [0.2, 0.25) is 5.96 Å². The zero-order valence-electron chi connectivity index (χ0n) is 22.9. The molecule has 1 heterocycles. The van der Waals surface area contributed by atoms with E-state index in [1.807, 2.05) is 48.2 Å². The van der Waals surface area contributed by atoms with E-state index in [2.05, 4.69) is 10.3 Å². The van der Waals surface area contributed by atoms with E-state index in [0.717, 1.165) is 29.5 Å². The Morgan fingerprint density at radius 2 is 1.90 bits per heavy atom. The topological polar surface area (TPSA) is 149 Å². The Bertz CT molecular complexity index is 1170. The van der Waals surface area contributed by atoms with Gasteiger partial charge in [-0.2, -0.15) is 0 Å². The molecule has 1 fully saturated rings. The molecule has 0 radical (unpaired) electrons. The van der Waals surface area contributed by atoms with E-state index in [9.17, 15) is 14.4 Å². The Morgan fingerprint density at radius 3 is 2.56 bits per heavy atom. The summed E-state index contributed by atoms with van der Waals surface area (Å²) in [5.74, 6) is -1.00. The molecule has 0 spiro atoms. The van der Waals surface area contributed by atoms with Gasteiger partial charge in [0.1, 0.15) is 0 Å². The lowest BCUT2D eigenvalue weighted by atomic mass is 9.85. The third-order valence-electron chi connectivity index (χ3n) is 7.01. The van der Waals surface area contributed by atoms with Gasteiger partial charge in [-0.1, -0.05) is 30.3 Å². The van der Waals surface area contributed by atoms with Crippen molar-refractivity contribution in [2.45, 2.75) is 45.7 Å². The van der Waals surface area contributed by atoms with Crippen LogP contribution < -0.4 is 16.8 Å². The highest BCUT2D eigenvalue weighted by atomic mass is 16.5. The zero-order valence-corrected chi connectivity index (χ0v) is 22.9. The number of ether oxygens (including phenoxy) is 2. The number of nitrogens with two attached hydrogens (primary N) is 2. The molecule has 10 heteroatoms. The van der Waals surface area contributed by atoms with Gasteiger partial charge in [-0.25, -0.2) is 4.79 Å². The van der Waals surface area contributed by atoms with Crippen molar-refractivity contribution < 1.29 is 23.9 Å². The average Bonchev–Trinajstić information content (AvgIpc) is 2.95. The number of esters is 1.